The van der Waals surface area contributed by atoms with Crippen molar-refractivity contribution >= 4 is 5.65 Å². The zero-order valence-electron chi connectivity index (χ0n) is 5.90. The highest BCUT2D eigenvalue weighted by molar-refractivity contribution is 5.40. The third-order valence-electron chi connectivity index (χ3n) is 1.44. The van der Waals surface area contributed by atoms with E-state index in [1.54, 1.807) is 0 Å². The van der Waals surface area contributed by atoms with Crippen LogP contribution >= 0.6 is 0 Å². The lowest BCUT2D eigenvalue weighted by Gasteiger charge is -1.90. The minimum atomic E-state index is -0.521. The molecule has 12 heavy (non-hydrogen) atoms. The summed E-state index contributed by atoms with van der Waals surface area (Å²) in [5.74, 6) is -0.521. The van der Waals surface area contributed by atoms with Crippen LogP contribution in [0.1, 0.15) is 5.69 Å². The van der Waals surface area contributed by atoms with Crippen LogP contribution < -0.4 is 0 Å². The van der Waals surface area contributed by atoms with Crippen LogP contribution in [-0.4, -0.2) is 14.6 Å². The molecule has 2 aromatic heterocycles. The van der Waals surface area contributed by atoms with Gasteiger partial charge >= 0.3 is 0 Å². The van der Waals surface area contributed by atoms with Gasteiger partial charge in [0.05, 0.1) is 6.20 Å². The van der Waals surface area contributed by atoms with Gasteiger partial charge in [0.1, 0.15) is 11.8 Å². The van der Waals surface area contributed by atoms with Crippen molar-refractivity contribution < 1.29 is 4.39 Å². The predicted octanol–water partition coefficient (Wildman–Crippen LogP) is 0.740. The van der Waals surface area contributed by atoms with E-state index < -0.39 is 5.82 Å². The fraction of sp³-hybridized carbons (Fsp3) is 0. The topological polar surface area (TPSA) is 54.0 Å². The number of hydrogen-bond donors (Lipinski definition) is 0. The maximum absolute atomic E-state index is 12.8. The van der Waals surface area contributed by atoms with Crippen molar-refractivity contribution in [1.82, 2.24) is 14.6 Å². The summed E-state index contributed by atoms with van der Waals surface area (Å²) >= 11 is 0. The minimum Gasteiger partial charge on any atom is -0.220 e. The Morgan fingerprint density at radius 3 is 3.17 bits per heavy atom. The van der Waals surface area contributed by atoms with Crippen LogP contribution in [0.3, 0.4) is 0 Å². The molecule has 5 heteroatoms. The standard InChI is InChI=1S/C7H3FN4/c8-6-4-10-12-2-1-5(3-9)11-7(6)12/h1-2,4H. The molecule has 0 saturated carbocycles. The van der Waals surface area contributed by atoms with Crippen molar-refractivity contribution in [1.29, 1.82) is 5.26 Å². The average molecular weight is 162 g/mol. The first-order chi connectivity index (χ1) is 5.81. The maximum Gasteiger partial charge on any atom is 0.192 e. The Kier molecular flexibility index (Phi) is 1.27. The summed E-state index contributed by atoms with van der Waals surface area (Å²) in [6, 6.07) is 3.29. The normalized spacial score (nSPS) is 10.0. The molecule has 2 rings (SSSR count). The fourth-order valence-electron chi connectivity index (χ4n) is 0.903. The van der Waals surface area contributed by atoms with Gasteiger partial charge in [-0.15, -0.1) is 0 Å². The number of fused-ring (bicyclic) bond motifs is 1. The smallest absolute Gasteiger partial charge is 0.192 e. The number of rotatable bonds is 0. The second kappa shape index (κ2) is 2.27. The van der Waals surface area contributed by atoms with Crippen LogP contribution in [0.4, 0.5) is 4.39 Å². The van der Waals surface area contributed by atoms with Crippen LogP contribution in [0.2, 0.25) is 0 Å². The second-order valence-corrected chi connectivity index (χ2v) is 2.19. The van der Waals surface area contributed by atoms with Crippen LogP contribution in [0.5, 0.6) is 0 Å². The van der Waals surface area contributed by atoms with Crippen molar-refractivity contribution in [3.05, 3.63) is 30.0 Å². The summed E-state index contributed by atoms with van der Waals surface area (Å²) in [4.78, 5) is 3.72. The number of nitrogens with zero attached hydrogens (tertiary/aromatic N) is 4. The van der Waals surface area contributed by atoms with E-state index in [-0.39, 0.29) is 11.3 Å². The molecule has 0 amide bonds. The van der Waals surface area contributed by atoms with Gasteiger partial charge in [0.15, 0.2) is 11.5 Å². The van der Waals surface area contributed by atoms with E-state index in [0.29, 0.717) is 0 Å². The van der Waals surface area contributed by atoms with E-state index in [9.17, 15) is 4.39 Å². The van der Waals surface area contributed by atoms with Gasteiger partial charge in [0.2, 0.25) is 0 Å². The Balaban J connectivity index is 2.82. The van der Waals surface area contributed by atoms with Crippen molar-refractivity contribution in [2.45, 2.75) is 0 Å². The highest BCUT2D eigenvalue weighted by Crippen LogP contribution is 2.05. The summed E-state index contributed by atoms with van der Waals surface area (Å²) in [6.07, 6.45) is 2.55. The van der Waals surface area contributed by atoms with E-state index in [4.69, 9.17) is 5.26 Å². The first-order valence-corrected chi connectivity index (χ1v) is 3.21. The molecule has 0 aliphatic rings. The highest BCUT2D eigenvalue weighted by atomic mass is 19.1. The summed E-state index contributed by atoms with van der Waals surface area (Å²) in [5, 5.41) is 12.1. The lowest BCUT2D eigenvalue weighted by Crippen LogP contribution is -1.92. The molecule has 58 valence electrons. The van der Waals surface area contributed by atoms with Crippen molar-refractivity contribution in [3.8, 4) is 6.07 Å². The highest BCUT2D eigenvalue weighted by Gasteiger charge is 2.04. The van der Waals surface area contributed by atoms with Gasteiger partial charge in [-0.25, -0.2) is 13.9 Å². The zero-order chi connectivity index (χ0) is 8.55. The largest absolute Gasteiger partial charge is 0.220 e. The summed E-state index contributed by atoms with van der Waals surface area (Å²) in [7, 11) is 0. The van der Waals surface area contributed by atoms with Crippen LogP contribution in [0.25, 0.3) is 5.65 Å². The van der Waals surface area contributed by atoms with E-state index >= 15 is 0 Å². The Morgan fingerprint density at radius 2 is 2.42 bits per heavy atom. The quantitative estimate of drug-likeness (QED) is 0.574. The van der Waals surface area contributed by atoms with Crippen LogP contribution in [0, 0.1) is 17.1 Å². The molecule has 2 aromatic rings. The molecular formula is C7H3FN4. The van der Waals surface area contributed by atoms with Gasteiger partial charge < -0.3 is 0 Å². The van der Waals surface area contributed by atoms with Crippen LogP contribution in [0.15, 0.2) is 18.5 Å². The van der Waals surface area contributed by atoms with Gasteiger partial charge in [0.25, 0.3) is 0 Å². The van der Waals surface area contributed by atoms with Crippen molar-refractivity contribution in [2.75, 3.05) is 0 Å². The monoisotopic (exact) mass is 162 g/mol. The van der Waals surface area contributed by atoms with Crippen molar-refractivity contribution in [2.24, 2.45) is 0 Å². The Bertz CT molecular complexity index is 468. The summed E-state index contributed by atoms with van der Waals surface area (Å²) in [5.41, 5.74) is 0.260. The van der Waals surface area contributed by atoms with E-state index in [0.717, 1.165) is 6.20 Å². The fourth-order valence-corrected chi connectivity index (χ4v) is 0.903. The van der Waals surface area contributed by atoms with Gasteiger partial charge in [0, 0.05) is 6.20 Å². The number of hydrogen-bond acceptors (Lipinski definition) is 3. The van der Waals surface area contributed by atoms with Gasteiger partial charge in [-0.3, -0.25) is 0 Å². The SMILES string of the molecule is N#Cc1ccn2ncc(F)c2n1. The average Bonchev–Trinajstić information content (AvgIpc) is 2.47. The number of nitriles is 1. The minimum absolute atomic E-state index is 0.0778. The molecule has 4 nitrogen and oxygen atoms in total. The summed E-state index contributed by atoms with van der Waals surface area (Å²) < 4.78 is 14.1. The molecule has 0 atom stereocenters. The zero-order valence-corrected chi connectivity index (χ0v) is 5.90. The summed E-state index contributed by atoms with van der Waals surface area (Å²) in [6.45, 7) is 0. The number of halogens is 1. The molecule has 0 N–H and O–H groups in total. The third kappa shape index (κ3) is 0.820. The Morgan fingerprint density at radius 1 is 1.58 bits per heavy atom. The first-order valence-electron chi connectivity index (χ1n) is 3.21. The third-order valence-corrected chi connectivity index (χ3v) is 1.44. The van der Waals surface area contributed by atoms with Crippen molar-refractivity contribution in [3.63, 3.8) is 0 Å². The van der Waals surface area contributed by atoms with Gasteiger partial charge in [-0.1, -0.05) is 0 Å². The predicted molar refractivity (Wildman–Crippen MR) is 37.7 cm³/mol. The van der Waals surface area contributed by atoms with E-state index in [1.165, 1.54) is 16.8 Å². The molecule has 0 aliphatic carbocycles. The molecule has 0 aromatic carbocycles. The lowest BCUT2D eigenvalue weighted by molar-refractivity contribution is 0.635. The Hall–Kier alpha value is -1.96. The second-order valence-electron chi connectivity index (χ2n) is 2.19. The Labute approximate surface area is 66.9 Å². The van der Waals surface area contributed by atoms with Crippen LogP contribution in [-0.2, 0) is 0 Å². The molecule has 0 unspecified atom stereocenters. The van der Waals surface area contributed by atoms with Gasteiger partial charge in [-0.05, 0) is 6.07 Å². The molecule has 0 saturated heterocycles. The molecule has 2 heterocycles. The molecule has 0 bridgehead atoms. The molecule has 0 spiro atoms. The van der Waals surface area contributed by atoms with E-state index in [2.05, 4.69) is 10.1 Å². The molecule has 0 fully saturated rings. The van der Waals surface area contributed by atoms with Gasteiger partial charge in [-0.2, -0.15) is 10.4 Å². The molecular weight excluding hydrogens is 159 g/mol. The van der Waals surface area contributed by atoms with E-state index in [1.807, 2.05) is 6.07 Å². The number of aromatic nitrogens is 3. The first kappa shape index (κ1) is 6.73. The molecule has 0 radical (unpaired) electrons. The lowest BCUT2D eigenvalue weighted by atomic mass is 10.4. The molecule has 0 aliphatic heterocycles. The maximum atomic E-state index is 12.8.